The van der Waals surface area contributed by atoms with E-state index in [-0.39, 0.29) is 18.0 Å². The van der Waals surface area contributed by atoms with E-state index in [1.165, 1.54) is 12.1 Å². The summed E-state index contributed by atoms with van der Waals surface area (Å²) < 4.78 is 38.2. The highest BCUT2D eigenvalue weighted by molar-refractivity contribution is 6.18. The zero-order chi connectivity index (χ0) is 13.7. The fraction of sp³-hybridized carbons (Fsp3) is 0.417. The molecule has 0 N–H and O–H groups in total. The van der Waals surface area contributed by atoms with Gasteiger partial charge in [-0.1, -0.05) is 11.6 Å². The van der Waals surface area contributed by atoms with E-state index in [1.807, 2.05) is 0 Å². The second kappa shape index (κ2) is 6.64. The molecule has 0 aromatic heterocycles. The quantitative estimate of drug-likeness (QED) is 0.759. The Labute approximate surface area is 108 Å². The number of halogens is 4. The number of hydrogen-bond donors (Lipinski definition) is 0. The third-order valence-electron chi connectivity index (χ3n) is 2.35. The van der Waals surface area contributed by atoms with Gasteiger partial charge in [-0.3, -0.25) is 4.79 Å². The lowest BCUT2D eigenvalue weighted by Gasteiger charge is -2.21. The second-order valence-electron chi connectivity index (χ2n) is 3.81. The lowest BCUT2D eigenvalue weighted by atomic mass is 10.1. The van der Waals surface area contributed by atoms with Gasteiger partial charge in [0, 0.05) is 12.4 Å². The van der Waals surface area contributed by atoms with Gasteiger partial charge >= 0.3 is 0 Å². The molecule has 0 radical (unpaired) electrons. The van der Waals surface area contributed by atoms with Crippen molar-refractivity contribution in [3.8, 4) is 0 Å². The molecule has 100 valence electrons. The van der Waals surface area contributed by atoms with Crippen LogP contribution in [0.2, 0.25) is 0 Å². The topological polar surface area (TPSA) is 20.3 Å². The van der Waals surface area contributed by atoms with Crippen molar-refractivity contribution in [3.63, 3.8) is 0 Å². The summed E-state index contributed by atoms with van der Waals surface area (Å²) in [6.45, 7) is 0.895. The van der Waals surface area contributed by atoms with Crippen molar-refractivity contribution < 1.29 is 18.0 Å². The molecule has 0 aliphatic rings. The number of nitrogens with zero attached hydrogens (tertiary/aromatic N) is 1. The van der Waals surface area contributed by atoms with Crippen LogP contribution in [-0.4, -0.2) is 36.2 Å². The third kappa shape index (κ3) is 3.91. The van der Waals surface area contributed by atoms with Crippen molar-refractivity contribution >= 4 is 17.5 Å². The lowest BCUT2D eigenvalue weighted by molar-refractivity contribution is 0.0567. The molecule has 1 aromatic carbocycles. The Bertz CT molecular complexity index is 426. The van der Waals surface area contributed by atoms with Crippen molar-refractivity contribution in [2.75, 3.05) is 19.0 Å². The van der Waals surface area contributed by atoms with Gasteiger partial charge in [0.05, 0.1) is 12.1 Å². The summed E-state index contributed by atoms with van der Waals surface area (Å²) in [7, 11) is 0. The summed E-state index contributed by atoms with van der Waals surface area (Å²) in [5.41, 5.74) is 0.475. The number of hydrogen-bond acceptors (Lipinski definition) is 1. The van der Waals surface area contributed by atoms with Gasteiger partial charge < -0.3 is 4.90 Å². The first kappa shape index (κ1) is 14.8. The SMILES string of the molecule is Cc1ccc(F)c(C(=O)N(CCCl)CC(F)F)c1. The van der Waals surface area contributed by atoms with Crippen molar-refractivity contribution in [1.82, 2.24) is 4.90 Å². The minimum atomic E-state index is -2.68. The number of amides is 1. The van der Waals surface area contributed by atoms with Crippen molar-refractivity contribution in [1.29, 1.82) is 0 Å². The molecule has 0 fully saturated rings. The van der Waals surface area contributed by atoms with Gasteiger partial charge in [0.2, 0.25) is 0 Å². The van der Waals surface area contributed by atoms with Crippen LogP contribution in [0, 0.1) is 12.7 Å². The summed E-state index contributed by atoms with van der Waals surface area (Å²) in [6.07, 6.45) is -2.68. The molecule has 0 heterocycles. The maximum atomic E-state index is 13.5. The van der Waals surface area contributed by atoms with Gasteiger partial charge in [0.1, 0.15) is 5.82 Å². The predicted octanol–water partition coefficient (Wildman–Crippen LogP) is 3.08. The highest BCUT2D eigenvalue weighted by atomic mass is 35.5. The van der Waals surface area contributed by atoms with Crippen molar-refractivity contribution in [2.45, 2.75) is 13.3 Å². The first-order chi connectivity index (χ1) is 8.45. The lowest BCUT2D eigenvalue weighted by Crippen LogP contribution is -2.37. The third-order valence-corrected chi connectivity index (χ3v) is 2.52. The molecule has 0 spiro atoms. The van der Waals surface area contributed by atoms with E-state index in [9.17, 15) is 18.0 Å². The highest BCUT2D eigenvalue weighted by Gasteiger charge is 2.21. The van der Waals surface area contributed by atoms with Crippen LogP contribution in [0.15, 0.2) is 18.2 Å². The van der Waals surface area contributed by atoms with Gasteiger partial charge in [0.15, 0.2) is 0 Å². The summed E-state index contributed by atoms with van der Waals surface area (Å²) in [6, 6.07) is 3.99. The highest BCUT2D eigenvalue weighted by Crippen LogP contribution is 2.14. The summed E-state index contributed by atoms with van der Waals surface area (Å²) in [5, 5.41) is 0. The van der Waals surface area contributed by atoms with Crippen LogP contribution < -0.4 is 0 Å². The Morgan fingerprint density at radius 3 is 2.67 bits per heavy atom. The summed E-state index contributed by atoms with van der Waals surface area (Å²) in [4.78, 5) is 12.8. The Morgan fingerprint density at radius 1 is 1.44 bits per heavy atom. The number of benzene rings is 1. The number of carbonyl (C=O) groups is 1. The molecule has 0 unspecified atom stereocenters. The monoisotopic (exact) mass is 279 g/mol. The molecule has 0 saturated carbocycles. The Balaban J connectivity index is 2.97. The molecule has 0 atom stereocenters. The number of aryl methyl sites for hydroxylation is 1. The van der Waals surface area contributed by atoms with Crippen LogP contribution >= 0.6 is 11.6 Å². The van der Waals surface area contributed by atoms with Gasteiger partial charge in [0.25, 0.3) is 12.3 Å². The van der Waals surface area contributed by atoms with E-state index in [4.69, 9.17) is 11.6 Å². The molecule has 0 saturated heterocycles. The smallest absolute Gasteiger partial charge is 0.257 e. The van der Waals surface area contributed by atoms with Gasteiger partial charge in [-0.15, -0.1) is 11.6 Å². The first-order valence-corrected chi connectivity index (χ1v) is 5.88. The molecular formula is C12H13ClF3NO. The fourth-order valence-corrected chi connectivity index (χ4v) is 1.72. The standard InChI is InChI=1S/C12H13ClF3NO/c1-8-2-3-10(14)9(6-8)12(18)17(5-4-13)7-11(15)16/h2-3,6,11H,4-5,7H2,1H3. The van der Waals surface area contributed by atoms with E-state index in [2.05, 4.69) is 0 Å². The first-order valence-electron chi connectivity index (χ1n) is 5.35. The fourth-order valence-electron chi connectivity index (χ4n) is 1.52. The van der Waals surface area contributed by atoms with E-state index in [1.54, 1.807) is 6.92 Å². The summed E-state index contributed by atoms with van der Waals surface area (Å²) >= 11 is 5.45. The average Bonchev–Trinajstić information content (AvgIpc) is 2.30. The van der Waals surface area contributed by atoms with E-state index < -0.39 is 24.7 Å². The minimum absolute atomic E-state index is 0.0197. The van der Waals surface area contributed by atoms with E-state index >= 15 is 0 Å². The molecule has 1 aromatic rings. The van der Waals surface area contributed by atoms with Crippen LogP contribution in [0.1, 0.15) is 15.9 Å². The number of alkyl halides is 3. The molecule has 1 amide bonds. The molecule has 2 nitrogen and oxygen atoms in total. The molecule has 0 bridgehead atoms. The maximum Gasteiger partial charge on any atom is 0.257 e. The van der Waals surface area contributed by atoms with Gasteiger partial charge in [-0.2, -0.15) is 0 Å². The van der Waals surface area contributed by atoms with Crippen molar-refractivity contribution in [3.05, 3.63) is 35.1 Å². The largest absolute Gasteiger partial charge is 0.332 e. The molecule has 0 aliphatic heterocycles. The maximum absolute atomic E-state index is 13.5. The molecule has 0 aliphatic carbocycles. The summed E-state index contributed by atoms with van der Waals surface area (Å²) in [5.74, 6) is -1.47. The number of rotatable bonds is 5. The van der Waals surface area contributed by atoms with Crippen LogP contribution in [0.3, 0.4) is 0 Å². The minimum Gasteiger partial charge on any atom is -0.332 e. The van der Waals surface area contributed by atoms with Gasteiger partial charge in [-0.25, -0.2) is 13.2 Å². The molecule has 6 heteroatoms. The molecule has 18 heavy (non-hydrogen) atoms. The Morgan fingerprint density at radius 2 is 2.11 bits per heavy atom. The Kier molecular flexibility index (Phi) is 5.47. The van der Waals surface area contributed by atoms with Crippen LogP contribution in [-0.2, 0) is 0 Å². The van der Waals surface area contributed by atoms with Crippen LogP contribution in [0.25, 0.3) is 0 Å². The Hall–Kier alpha value is -1.23. The van der Waals surface area contributed by atoms with Crippen LogP contribution in [0.4, 0.5) is 13.2 Å². The number of carbonyl (C=O) groups excluding carboxylic acids is 1. The van der Waals surface area contributed by atoms with E-state index in [0.717, 1.165) is 11.0 Å². The predicted molar refractivity (Wildman–Crippen MR) is 63.8 cm³/mol. The van der Waals surface area contributed by atoms with Crippen LogP contribution in [0.5, 0.6) is 0 Å². The van der Waals surface area contributed by atoms with Gasteiger partial charge in [-0.05, 0) is 19.1 Å². The zero-order valence-corrected chi connectivity index (χ0v) is 10.6. The zero-order valence-electron chi connectivity index (χ0n) is 9.80. The molecular weight excluding hydrogens is 267 g/mol. The average molecular weight is 280 g/mol. The van der Waals surface area contributed by atoms with Crippen molar-refractivity contribution in [2.24, 2.45) is 0 Å². The second-order valence-corrected chi connectivity index (χ2v) is 4.19. The normalized spacial score (nSPS) is 10.8. The van der Waals surface area contributed by atoms with E-state index in [0.29, 0.717) is 5.56 Å². The molecule has 1 rings (SSSR count).